The zero-order valence-corrected chi connectivity index (χ0v) is 12.8. The predicted molar refractivity (Wildman–Crippen MR) is 80.7 cm³/mol. The minimum Gasteiger partial charge on any atom is -0.397 e. The highest BCUT2D eigenvalue weighted by Gasteiger charge is 2.29. The van der Waals surface area contributed by atoms with E-state index in [1.807, 2.05) is 0 Å². The minimum atomic E-state index is -0.0527. The fourth-order valence-electron chi connectivity index (χ4n) is 2.63. The van der Waals surface area contributed by atoms with Crippen molar-refractivity contribution in [2.24, 2.45) is 5.92 Å². The lowest BCUT2D eigenvalue weighted by Gasteiger charge is -2.32. The van der Waals surface area contributed by atoms with Gasteiger partial charge < -0.3 is 15.5 Å². The highest BCUT2D eigenvalue weighted by Crippen LogP contribution is 2.21. The summed E-state index contributed by atoms with van der Waals surface area (Å²) in [7, 11) is 3.53. The van der Waals surface area contributed by atoms with Crippen molar-refractivity contribution in [2.75, 3.05) is 32.9 Å². The molecule has 0 radical (unpaired) electrons. The Morgan fingerprint density at radius 1 is 1.33 bits per heavy atom. The van der Waals surface area contributed by atoms with Gasteiger partial charge in [-0.1, -0.05) is 0 Å². The molecule has 0 saturated carbocycles. The van der Waals surface area contributed by atoms with Gasteiger partial charge >= 0.3 is 0 Å². The summed E-state index contributed by atoms with van der Waals surface area (Å²) in [6.07, 6.45) is 2.96. The maximum Gasteiger partial charge on any atom is 0.255 e. The number of anilines is 1. The van der Waals surface area contributed by atoms with Crippen LogP contribution in [0.5, 0.6) is 0 Å². The molecule has 1 aliphatic heterocycles. The molecule has 2 rings (SSSR count). The molecule has 1 fully saturated rings. The number of hydrogen-bond acceptors (Lipinski definition) is 4. The van der Waals surface area contributed by atoms with Crippen LogP contribution in [0.3, 0.4) is 0 Å². The third-order valence-electron chi connectivity index (χ3n) is 3.91. The van der Waals surface area contributed by atoms with E-state index < -0.39 is 0 Å². The Morgan fingerprint density at radius 3 is 2.52 bits per heavy atom. The van der Waals surface area contributed by atoms with Crippen molar-refractivity contribution in [3.63, 3.8) is 0 Å². The number of aromatic nitrogens is 1. The summed E-state index contributed by atoms with van der Waals surface area (Å²) >= 11 is 0. The first-order chi connectivity index (χ1) is 9.90. The molecule has 21 heavy (non-hydrogen) atoms. The van der Waals surface area contributed by atoms with Crippen LogP contribution in [0.15, 0.2) is 12.3 Å². The lowest BCUT2D eigenvalue weighted by molar-refractivity contribution is -0.134. The number of carbonyl (C=O) groups excluding carboxylic acids is 2. The monoisotopic (exact) mass is 290 g/mol. The second kappa shape index (κ2) is 6.11. The van der Waals surface area contributed by atoms with E-state index in [0.717, 1.165) is 0 Å². The second-order valence-electron chi connectivity index (χ2n) is 5.70. The van der Waals surface area contributed by atoms with Crippen LogP contribution in [0.2, 0.25) is 0 Å². The molecule has 0 atom stereocenters. The van der Waals surface area contributed by atoms with Gasteiger partial charge in [0.25, 0.3) is 5.91 Å². The molecular weight excluding hydrogens is 268 g/mol. The Kier molecular flexibility index (Phi) is 4.45. The molecule has 2 N–H and O–H groups in total. The molecule has 1 aromatic heterocycles. The molecule has 6 heteroatoms. The van der Waals surface area contributed by atoms with Gasteiger partial charge in [0.05, 0.1) is 23.1 Å². The highest BCUT2D eigenvalue weighted by atomic mass is 16.2. The summed E-state index contributed by atoms with van der Waals surface area (Å²) < 4.78 is 0. The van der Waals surface area contributed by atoms with Crippen LogP contribution in [0.4, 0.5) is 5.69 Å². The molecule has 1 saturated heterocycles. The van der Waals surface area contributed by atoms with Gasteiger partial charge in [0, 0.05) is 33.1 Å². The van der Waals surface area contributed by atoms with Crippen molar-refractivity contribution >= 4 is 17.5 Å². The van der Waals surface area contributed by atoms with Crippen molar-refractivity contribution in [1.29, 1.82) is 0 Å². The zero-order valence-electron chi connectivity index (χ0n) is 12.8. The van der Waals surface area contributed by atoms with Crippen LogP contribution in [0.1, 0.15) is 28.9 Å². The van der Waals surface area contributed by atoms with Gasteiger partial charge in [-0.3, -0.25) is 14.6 Å². The number of pyridine rings is 1. The molecule has 0 aromatic carbocycles. The van der Waals surface area contributed by atoms with Gasteiger partial charge in [-0.05, 0) is 25.8 Å². The number of amides is 2. The maximum absolute atomic E-state index is 12.5. The normalized spacial score (nSPS) is 15.9. The van der Waals surface area contributed by atoms with Crippen LogP contribution >= 0.6 is 0 Å². The summed E-state index contributed by atoms with van der Waals surface area (Å²) in [6.45, 7) is 2.99. The number of nitrogens with two attached hydrogens (primary N) is 1. The van der Waals surface area contributed by atoms with Crippen molar-refractivity contribution in [3.8, 4) is 0 Å². The number of rotatable bonds is 2. The van der Waals surface area contributed by atoms with Gasteiger partial charge in [0.15, 0.2) is 0 Å². The molecular formula is C15H22N4O2. The number of piperidine rings is 1. The lowest BCUT2D eigenvalue weighted by Crippen LogP contribution is -2.43. The average Bonchev–Trinajstić information content (AvgIpc) is 2.48. The molecule has 2 heterocycles. The molecule has 0 spiro atoms. The Morgan fingerprint density at radius 2 is 1.95 bits per heavy atom. The second-order valence-corrected chi connectivity index (χ2v) is 5.70. The third-order valence-corrected chi connectivity index (χ3v) is 3.91. The Labute approximate surface area is 124 Å². The summed E-state index contributed by atoms with van der Waals surface area (Å²) in [5.41, 5.74) is 7.42. The fraction of sp³-hybridized carbons (Fsp3) is 0.533. The lowest BCUT2D eigenvalue weighted by atomic mass is 9.95. The molecule has 6 nitrogen and oxygen atoms in total. The van der Waals surface area contributed by atoms with Gasteiger partial charge in [-0.15, -0.1) is 0 Å². The molecule has 0 unspecified atom stereocenters. The van der Waals surface area contributed by atoms with Gasteiger partial charge in [-0.2, -0.15) is 0 Å². The number of carbonyl (C=O) groups is 2. The van der Waals surface area contributed by atoms with Crippen LogP contribution in [0.25, 0.3) is 0 Å². The average molecular weight is 290 g/mol. The van der Waals surface area contributed by atoms with Gasteiger partial charge in [0.2, 0.25) is 5.91 Å². The highest BCUT2D eigenvalue weighted by molar-refractivity contribution is 5.96. The summed E-state index contributed by atoms with van der Waals surface area (Å²) in [5.74, 6) is 0.107. The third kappa shape index (κ3) is 3.32. The van der Waals surface area contributed by atoms with Gasteiger partial charge in [-0.25, -0.2) is 0 Å². The summed E-state index contributed by atoms with van der Waals surface area (Å²) in [4.78, 5) is 32.0. The first-order valence-electron chi connectivity index (χ1n) is 7.12. The van der Waals surface area contributed by atoms with Crippen LogP contribution in [-0.4, -0.2) is 53.8 Å². The smallest absolute Gasteiger partial charge is 0.255 e. The molecule has 114 valence electrons. The zero-order chi connectivity index (χ0) is 15.6. The number of nitrogen functional groups attached to an aromatic ring is 1. The number of likely N-dealkylation sites (tertiary alicyclic amines) is 1. The summed E-state index contributed by atoms with van der Waals surface area (Å²) in [5, 5.41) is 0. The van der Waals surface area contributed by atoms with Crippen LogP contribution in [-0.2, 0) is 4.79 Å². The Balaban J connectivity index is 2.03. The minimum absolute atomic E-state index is 0.0177. The van der Waals surface area contributed by atoms with E-state index in [0.29, 0.717) is 42.9 Å². The van der Waals surface area contributed by atoms with Crippen molar-refractivity contribution in [1.82, 2.24) is 14.8 Å². The van der Waals surface area contributed by atoms with E-state index >= 15 is 0 Å². The molecule has 1 aromatic rings. The van der Waals surface area contributed by atoms with E-state index in [2.05, 4.69) is 4.98 Å². The van der Waals surface area contributed by atoms with E-state index in [4.69, 9.17) is 5.73 Å². The number of hydrogen-bond donors (Lipinski definition) is 1. The van der Waals surface area contributed by atoms with E-state index in [9.17, 15) is 9.59 Å². The molecule has 0 aliphatic carbocycles. The van der Waals surface area contributed by atoms with Gasteiger partial charge in [0.1, 0.15) is 0 Å². The Hall–Kier alpha value is -2.11. The SMILES string of the molecule is Cc1ncc(N)cc1C(=O)N1CCC(C(=O)N(C)C)CC1. The number of nitrogens with zero attached hydrogens (tertiary/aromatic N) is 3. The van der Waals surface area contributed by atoms with Crippen molar-refractivity contribution in [2.45, 2.75) is 19.8 Å². The number of aryl methyl sites for hydroxylation is 1. The predicted octanol–water partition coefficient (Wildman–Crippen LogP) is 0.913. The molecule has 1 aliphatic rings. The van der Waals surface area contributed by atoms with Crippen molar-refractivity contribution < 1.29 is 9.59 Å². The summed E-state index contributed by atoms with van der Waals surface area (Å²) in [6, 6.07) is 1.67. The standard InChI is InChI=1S/C15H22N4O2/c1-10-13(8-12(16)9-17-10)15(21)19-6-4-11(5-7-19)14(20)18(2)3/h8-9,11H,4-7,16H2,1-3H3. The first kappa shape index (κ1) is 15.3. The van der Waals surface area contributed by atoms with Crippen LogP contribution in [0, 0.1) is 12.8 Å². The maximum atomic E-state index is 12.5. The quantitative estimate of drug-likeness (QED) is 0.878. The fourth-order valence-corrected chi connectivity index (χ4v) is 2.63. The largest absolute Gasteiger partial charge is 0.397 e. The molecule has 2 amide bonds. The first-order valence-corrected chi connectivity index (χ1v) is 7.12. The molecule has 0 bridgehead atoms. The topological polar surface area (TPSA) is 79.5 Å². The van der Waals surface area contributed by atoms with E-state index in [1.54, 1.807) is 43.1 Å². The van der Waals surface area contributed by atoms with Crippen molar-refractivity contribution in [3.05, 3.63) is 23.5 Å². The van der Waals surface area contributed by atoms with Crippen LogP contribution < -0.4 is 5.73 Å². The van der Waals surface area contributed by atoms with E-state index in [1.165, 1.54) is 0 Å². The Bertz CT molecular complexity index is 549. The van der Waals surface area contributed by atoms with E-state index in [-0.39, 0.29) is 17.7 Å².